The first-order chi connectivity index (χ1) is 15.5. The topological polar surface area (TPSA) is 67.2 Å². The molecule has 32 heavy (non-hydrogen) atoms. The van der Waals surface area contributed by atoms with Gasteiger partial charge in [-0.1, -0.05) is 49.2 Å². The number of hydrogen-bond acceptors (Lipinski definition) is 4. The number of nitrogens with zero attached hydrogens (tertiary/aromatic N) is 3. The van der Waals surface area contributed by atoms with Crippen LogP contribution in [0.25, 0.3) is 0 Å². The maximum Gasteiger partial charge on any atom is 0.233 e. The molecule has 2 aromatic rings. The van der Waals surface area contributed by atoms with Gasteiger partial charge in [0, 0.05) is 36.4 Å². The van der Waals surface area contributed by atoms with Crippen molar-refractivity contribution in [3.63, 3.8) is 0 Å². The van der Waals surface area contributed by atoms with Gasteiger partial charge in [-0.25, -0.2) is 4.98 Å². The van der Waals surface area contributed by atoms with Crippen molar-refractivity contribution in [1.29, 1.82) is 0 Å². The van der Waals surface area contributed by atoms with Crippen molar-refractivity contribution in [3.05, 3.63) is 41.7 Å². The first kappa shape index (κ1) is 22.9. The summed E-state index contributed by atoms with van der Waals surface area (Å²) in [4.78, 5) is 32.1. The van der Waals surface area contributed by atoms with Crippen LogP contribution in [0, 0.1) is 19.8 Å². The number of rotatable bonds is 6. The Labute approximate surface area is 195 Å². The van der Waals surface area contributed by atoms with Gasteiger partial charge in [-0.15, -0.1) is 0 Å². The number of para-hydroxylation sites is 1. The zero-order valence-corrected chi connectivity index (χ0v) is 20.0. The molecule has 1 aromatic carbocycles. The van der Waals surface area contributed by atoms with Gasteiger partial charge in [-0.3, -0.25) is 9.59 Å². The first-order valence-electron chi connectivity index (χ1n) is 11.8. The molecule has 0 unspecified atom stereocenters. The second kappa shape index (κ2) is 10.6. The number of imidazole rings is 1. The largest absolute Gasteiger partial charge is 0.342 e. The highest BCUT2D eigenvalue weighted by atomic mass is 32.2. The van der Waals surface area contributed by atoms with Crippen LogP contribution in [0.15, 0.2) is 35.5 Å². The van der Waals surface area contributed by atoms with Crippen molar-refractivity contribution >= 4 is 29.3 Å². The number of amides is 2. The van der Waals surface area contributed by atoms with Gasteiger partial charge in [0.1, 0.15) is 0 Å². The fraction of sp³-hybridized carbons (Fsp3) is 0.560. The summed E-state index contributed by atoms with van der Waals surface area (Å²) in [5.74, 6) is 0.565. The summed E-state index contributed by atoms with van der Waals surface area (Å²) >= 11 is 1.57. The molecule has 0 spiro atoms. The highest BCUT2D eigenvalue weighted by molar-refractivity contribution is 7.99. The zero-order valence-electron chi connectivity index (χ0n) is 19.2. The molecule has 2 fully saturated rings. The number of nitrogens with one attached hydrogen (secondary N) is 1. The van der Waals surface area contributed by atoms with Crippen LogP contribution in [0.5, 0.6) is 0 Å². The molecule has 0 atom stereocenters. The lowest BCUT2D eigenvalue weighted by atomic mass is 9.95. The maximum atomic E-state index is 12.9. The van der Waals surface area contributed by atoms with E-state index < -0.39 is 0 Å². The molecule has 4 rings (SSSR count). The molecule has 1 N–H and O–H groups in total. The Kier molecular flexibility index (Phi) is 7.55. The Hall–Kier alpha value is -2.28. The molecule has 1 aliphatic carbocycles. The maximum absolute atomic E-state index is 12.9. The van der Waals surface area contributed by atoms with Gasteiger partial charge >= 0.3 is 0 Å². The molecule has 2 aliphatic rings. The summed E-state index contributed by atoms with van der Waals surface area (Å²) in [5.41, 5.74) is 3.12. The number of piperidine rings is 1. The molecule has 0 bridgehead atoms. The van der Waals surface area contributed by atoms with Crippen molar-refractivity contribution in [2.75, 3.05) is 24.2 Å². The molecular formula is C25H34N4O2S. The second-order valence-electron chi connectivity index (χ2n) is 9.03. The molecule has 2 amide bonds. The third-order valence-electron chi connectivity index (χ3n) is 6.88. The van der Waals surface area contributed by atoms with Gasteiger partial charge in [-0.05, 0) is 51.7 Å². The molecule has 1 saturated heterocycles. The van der Waals surface area contributed by atoms with E-state index in [1.165, 1.54) is 37.8 Å². The lowest BCUT2D eigenvalue weighted by Gasteiger charge is -2.31. The minimum Gasteiger partial charge on any atom is -0.342 e. The third kappa shape index (κ3) is 5.37. The Morgan fingerprint density at radius 1 is 1.03 bits per heavy atom. The standard InChI is InChI=1S/C25H34N4O2S/c1-18-19(2)29(22-11-7-4-8-12-22)25(26-18)32-17-23(30)28-15-13-20(14-16-28)24(31)27-21-9-5-3-6-10-21/h3,5-6,9-10,20,22H,4,7-8,11-17H2,1-2H3,(H,27,31). The number of aromatic nitrogens is 2. The zero-order chi connectivity index (χ0) is 22.5. The smallest absolute Gasteiger partial charge is 0.233 e. The van der Waals surface area contributed by atoms with Gasteiger partial charge < -0.3 is 14.8 Å². The van der Waals surface area contributed by atoms with Gasteiger partial charge in [0.25, 0.3) is 0 Å². The summed E-state index contributed by atoms with van der Waals surface area (Å²) in [6.07, 6.45) is 7.71. The van der Waals surface area contributed by atoms with E-state index in [1.54, 1.807) is 11.8 Å². The highest BCUT2D eigenvalue weighted by Gasteiger charge is 2.28. The number of likely N-dealkylation sites (tertiary alicyclic amines) is 1. The average molecular weight is 455 g/mol. The van der Waals surface area contributed by atoms with E-state index in [9.17, 15) is 9.59 Å². The van der Waals surface area contributed by atoms with Gasteiger partial charge in [0.2, 0.25) is 11.8 Å². The van der Waals surface area contributed by atoms with E-state index in [-0.39, 0.29) is 17.7 Å². The molecule has 1 aromatic heterocycles. The lowest BCUT2D eigenvalue weighted by Crippen LogP contribution is -2.42. The van der Waals surface area contributed by atoms with Crippen LogP contribution in [-0.2, 0) is 9.59 Å². The number of aryl methyl sites for hydroxylation is 1. The lowest BCUT2D eigenvalue weighted by molar-refractivity contribution is -0.132. The average Bonchev–Trinajstić information content (AvgIpc) is 3.12. The fourth-order valence-corrected chi connectivity index (χ4v) is 5.90. The summed E-state index contributed by atoms with van der Waals surface area (Å²) in [7, 11) is 0. The number of carbonyl (C=O) groups excluding carboxylic acids is 2. The van der Waals surface area contributed by atoms with Crippen molar-refractivity contribution in [1.82, 2.24) is 14.5 Å². The van der Waals surface area contributed by atoms with Gasteiger partial charge in [0.15, 0.2) is 5.16 Å². The number of benzene rings is 1. The van der Waals surface area contributed by atoms with E-state index in [0.717, 1.165) is 16.5 Å². The van der Waals surface area contributed by atoms with Crippen molar-refractivity contribution in [2.24, 2.45) is 5.92 Å². The molecule has 172 valence electrons. The summed E-state index contributed by atoms with van der Waals surface area (Å²) in [6.45, 7) is 5.49. The molecule has 6 nitrogen and oxygen atoms in total. The molecule has 2 heterocycles. The molecular weight excluding hydrogens is 420 g/mol. The Morgan fingerprint density at radius 3 is 2.41 bits per heavy atom. The fourth-order valence-electron chi connectivity index (χ4n) is 4.84. The summed E-state index contributed by atoms with van der Waals surface area (Å²) in [5, 5.41) is 3.97. The van der Waals surface area contributed by atoms with Crippen LogP contribution in [-0.4, -0.2) is 45.1 Å². The second-order valence-corrected chi connectivity index (χ2v) is 9.97. The van der Waals surface area contributed by atoms with E-state index >= 15 is 0 Å². The summed E-state index contributed by atoms with van der Waals surface area (Å²) < 4.78 is 2.38. The normalized spacial score (nSPS) is 18.0. The van der Waals surface area contributed by atoms with Crippen LogP contribution in [0.1, 0.15) is 62.4 Å². The van der Waals surface area contributed by atoms with Crippen molar-refractivity contribution < 1.29 is 9.59 Å². The highest BCUT2D eigenvalue weighted by Crippen LogP contribution is 2.34. The number of thioether (sulfide) groups is 1. The monoisotopic (exact) mass is 454 g/mol. The van der Waals surface area contributed by atoms with E-state index in [4.69, 9.17) is 4.98 Å². The number of carbonyl (C=O) groups is 2. The van der Waals surface area contributed by atoms with Crippen LogP contribution in [0.2, 0.25) is 0 Å². The Morgan fingerprint density at radius 2 is 1.72 bits per heavy atom. The van der Waals surface area contributed by atoms with Crippen LogP contribution < -0.4 is 5.32 Å². The quantitative estimate of drug-likeness (QED) is 0.626. The molecule has 1 aliphatic heterocycles. The van der Waals surface area contributed by atoms with E-state index in [2.05, 4.69) is 23.7 Å². The predicted molar refractivity (Wildman–Crippen MR) is 129 cm³/mol. The number of anilines is 1. The van der Waals surface area contributed by atoms with Crippen molar-refractivity contribution in [2.45, 2.75) is 70.0 Å². The molecule has 0 radical (unpaired) electrons. The van der Waals surface area contributed by atoms with E-state index in [1.807, 2.05) is 35.2 Å². The van der Waals surface area contributed by atoms with E-state index in [0.29, 0.717) is 37.7 Å². The minimum atomic E-state index is -0.0394. The Balaban J connectivity index is 1.28. The predicted octanol–water partition coefficient (Wildman–Crippen LogP) is 4.97. The van der Waals surface area contributed by atoms with Gasteiger partial charge in [0.05, 0.1) is 11.4 Å². The van der Waals surface area contributed by atoms with Crippen molar-refractivity contribution in [3.8, 4) is 0 Å². The third-order valence-corrected chi connectivity index (χ3v) is 7.82. The van der Waals surface area contributed by atoms with Crippen LogP contribution in [0.4, 0.5) is 5.69 Å². The molecule has 1 saturated carbocycles. The Bertz CT molecular complexity index is 929. The molecule has 7 heteroatoms. The first-order valence-corrected chi connectivity index (χ1v) is 12.8. The number of hydrogen-bond donors (Lipinski definition) is 1. The summed E-state index contributed by atoms with van der Waals surface area (Å²) in [6, 6.07) is 10.1. The minimum absolute atomic E-state index is 0.0394. The SMILES string of the molecule is Cc1nc(SCC(=O)N2CCC(C(=O)Nc3ccccc3)CC2)n(C2CCCCC2)c1C. The van der Waals surface area contributed by atoms with Crippen LogP contribution in [0.3, 0.4) is 0 Å². The van der Waals surface area contributed by atoms with Crippen LogP contribution >= 0.6 is 11.8 Å². The van der Waals surface area contributed by atoms with Gasteiger partial charge in [-0.2, -0.15) is 0 Å².